The van der Waals surface area contributed by atoms with Gasteiger partial charge in [-0.25, -0.2) is 0 Å². The van der Waals surface area contributed by atoms with Crippen molar-refractivity contribution in [1.82, 2.24) is 10.2 Å². The van der Waals surface area contributed by atoms with Crippen LogP contribution in [0.5, 0.6) is 11.5 Å². The number of rotatable bonds is 6. The molecular formula is C20H21ClN2O4. The predicted octanol–water partition coefficient (Wildman–Crippen LogP) is 2.76. The van der Waals surface area contributed by atoms with Crippen molar-refractivity contribution in [3.05, 3.63) is 59.1 Å². The van der Waals surface area contributed by atoms with Crippen LogP contribution in [0, 0.1) is 0 Å². The molecule has 0 aromatic heterocycles. The highest BCUT2D eigenvalue weighted by molar-refractivity contribution is 6.30. The van der Waals surface area contributed by atoms with Gasteiger partial charge in [0.05, 0.1) is 6.54 Å². The summed E-state index contributed by atoms with van der Waals surface area (Å²) < 4.78 is 11.5. The third-order valence-electron chi connectivity index (χ3n) is 4.20. The van der Waals surface area contributed by atoms with Crippen molar-refractivity contribution >= 4 is 23.4 Å². The second kappa shape index (κ2) is 8.77. The molecule has 1 N–H and O–H groups in total. The third-order valence-corrected chi connectivity index (χ3v) is 4.45. The second-order valence-electron chi connectivity index (χ2n) is 6.28. The largest absolute Gasteiger partial charge is 0.486 e. The molecule has 6 nitrogen and oxygen atoms in total. The minimum absolute atomic E-state index is 0.0751. The first-order valence-corrected chi connectivity index (χ1v) is 9.07. The Morgan fingerprint density at radius 1 is 1.15 bits per heavy atom. The lowest BCUT2D eigenvalue weighted by molar-refractivity contribution is -0.131. The number of benzene rings is 2. The van der Waals surface area contributed by atoms with E-state index in [9.17, 15) is 9.59 Å². The third kappa shape index (κ3) is 5.14. The number of amides is 2. The Balaban J connectivity index is 1.42. The number of para-hydroxylation sites is 2. The van der Waals surface area contributed by atoms with Gasteiger partial charge in [-0.2, -0.15) is 0 Å². The van der Waals surface area contributed by atoms with Gasteiger partial charge in [-0.1, -0.05) is 23.7 Å². The zero-order valence-corrected chi connectivity index (χ0v) is 15.7. The van der Waals surface area contributed by atoms with Crippen molar-refractivity contribution in [1.29, 1.82) is 0 Å². The molecule has 7 heteroatoms. The molecule has 2 aromatic rings. The number of carbonyl (C=O) groups is 2. The molecule has 1 aliphatic rings. The molecule has 0 saturated heterocycles. The average Bonchev–Trinajstić information content (AvgIpc) is 2.68. The molecule has 0 fully saturated rings. The molecule has 0 aliphatic carbocycles. The number of hydrogen-bond donors (Lipinski definition) is 1. The van der Waals surface area contributed by atoms with Crippen LogP contribution in [0.15, 0.2) is 48.5 Å². The van der Waals surface area contributed by atoms with E-state index in [4.69, 9.17) is 21.1 Å². The molecule has 1 aliphatic heterocycles. The van der Waals surface area contributed by atoms with Crippen molar-refractivity contribution in [2.45, 2.75) is 12.5 Å². The Morgan fingerprint density at radius 3 is 2.59 bits per heavy atom. The van der Waals surface area contributed by atoms with Crippen molar-refractivity contribution in [2.24, 2.45) is 0 Å². The van der Waals surface area contributed by atoms with Crippen LogP contribution >= 0.6 is 11.6 Å². The van der Waals surface area contributed by atoms with Gasteiger partial charge in [0, 0.05) is 30.6 Å². The van der Waals surface area contributed by atoms with E-state index in [0.717, 1.165) is 0 Å². The average molecular weight is 389 g/mol. The standard InChI is InChI=1S/C20H21ClN2O4/c1-23(12-16-13-26-17-4-2-3-5-18(17)27-16)19(24)10-11-22-20(25)14-6-8-15(21)9-7-14/h2-9,16H,10-13H2,1H3,(H,22,25)/t16-/m0/s1. The van der Waals surface area contributed by atoms with Crippen LogP contribution in [0.3, 0.4) is 0 Å². The summed E-state index contributed by atoms with van der Waals surface area (Å²) in [4.78, 5) is 25.9. The summed E-state index contributed by atoms with van der Waals surface area (Å²) in [6.45, 7) is 1.07. The number of halogens is 1. The van der Waals surface area contributed by atoms with E-state index >= 15 is 0 Å². The van der Waals surface area contributed by atoms with Crippen LogP contribution in [0.2, 0.25) is 5.02 Å². The SMILES string of the molecule is CN(C[C@H]1COc2ccccc2O1)C(=O)CCNC(=O)c1ccc(Cl)cc1. The van der Waals surface area contributed by atoms with Gasteiger partial charge in [0.2, 0.25) is 5.91 Å². The monoisotopic (exact) mass is 388 g/mol. The molecular weight excluding hydrogens is 368 g/mol. The summed E-state index contributed by atoms with van der Waals surface area (Å²) in [5.41, 5.74) is 0.506. The van der Waals surface area contributed by atoms with Gasteiger partial charge in [0.25, 0.3) is 5.91 Å². The Hall–Kier alpha value is -2.73. The molecule has 3 rings (SSSR count). The summed E-state index contributed by atoms with van der Waals surface area (Å²) in [6.07, 6.45) is -0.0162. The van der Waals surface area contributed by atoms with Gasteiger partial charge < -0.3 is 19.7 Å². The maximum Gasteiger partial charge on any atom is 0.251 e. The van der Waals surface area contributed by atoms with Crippen molar-refractivity contribution in [3.8, 4) is 11.5 Å². The first-order chi connectivity index (χ1) is 13.0. The van der Waals surface area contributed by atoms with E-state index in [2.05, 4.69) is 5.32 Å². The number of ether oxygens (including phenoxy) is 2. The summed E-state index contributed by atoms with van der Waals surface area (Å²) in [5, 5.41) is 3.30. The second-order valence-corrected chi connectivity index (χ2v) is 6.72. The molecule has 2 amide bonds. The molecule has 2 aromatic carbocycles. The van der Waals surface area contributed by atoms with E-state index in [0.29, 0.717) is 35.2 Å². The van der Waals surface area contributed by atoms with Gasteiger partial charge in [0.15, 0.2) is 17.6 Å². The molecule has 142 valence electrons. The fourth-order valence-electron chi connectivity index (χ4n) is 2.74. The first-order valence-electron chi connectivity index (χ1n) is 8.69. The molecule has 1 heterocycles. The quantitative estimate of drug-likeness (QED) is 0.826. The van der Waals surface area contributed by atoms with E-state index in [1.54, 1.807) is 36.2 Å². The lowest BCUT2D eigenvalue weighted by Crippen LogP contribution is -2.42. The van der Waals surface area contributed by atoms with Crippen LogP contribution in [0.1, 0.15) is 16.8 Å². The highest BCUT2D eigenvalue weighted by Crippen LogP contribution is 2.30. The topological polar surface area (TPSA) is 67.9 Å². The molecule has 0 saturated carbocycles. The summed E-state index contributed by atoms with van der Waals surface area (Å²) in [5.74, 6) is 1.09. The summed E-state index contributed by atoms with van der Waals surface area (Å²) in [7, 11) is 1.72. The molecule has 1 atom stereocenters. The fourth-order valence-corrected chi connectivity index (χ4v) is 2.86. The molecule has 0 spiro atoms. The number of hydrogen-bond acceptors (Lipinski definition) is 4. The van der Waals surface area contributed by atoms with Crippen LogP contribution < -0.4 is 14.8 Å². The maximum absolute atomic E-state index is 12.3. The lowest BCUT2D eigenvalue weighted by Gasteiger charge is -2.29. The smallest absolute Gasteiger partial charge is 0.251 e. The van der Waals surface area contributed by atoms with Gasteiger partial charge in [-0.15, -0.1) is 0 Å². The molecule has 27 heavy (non-hydrogen) atoms. The number of nitrogens with one attached hydrogen (secondary N) is 1. The maximum atomic E-state index is 12.3. The number of fused-ring (bicyclic) bond motifs is 1. The van der Waals surface area contributed by atoms with Crippen LogP contribution in [-0.2, 0) is 4.79 Å². The summed E-state index contributed by atoms with van der Waals surface area (Å²) >= 11 is 5.80. The number of nitrogens with zero attached hydrogens (tertiary/aromatic N) is 1. The molecule has 0 unspecified atom stereocenters. The van der Waals surface area contributed by atoms with E-state index < -0.39 is 0 Å². The Kier molecular flexibility index (Phi) is 6.19. The van der Waals surface area contributed by atoms with Crippen molar-refractivity contribution < 1.29 is 19.1 Å². The number of likely N-dealkylation sites (N-methyl/N-ethyl adjacent to an activating group) is 1. The predicted molar refractivity (Wildman–Crippen MR) is 102 cm³/mol. The Labute approximate surface area is 163 Å². The Bertz CT molecular complexity index is 810. The highest BCUT2D eigenvalue weighted by atomic mass is 35.5. The minimum Gasteiger partial charge on any atom is -0.486 e. The first kappa shape index (κ1) is 19.0. The van der Waals surface area contributed by atoms with E-state index in [-0.39, 0.29) is 30.9 Å². The minimum atomic E-state index is -0.234. The summed E-state index contributed by atoms with van der Waals surface area (Å²) in [6, 6.07) is 14.0. The van der Waals surface area contributed by atoms with Gasteiger partial charge in [0.1, 0.15) is 6.61 Å². The van der Waals surface area contributed by atoms with Crippen molar-refractivity contribution in [3.63, 3.8) is 0 Å². The van der Waals surface area contributed by atoms with Crippen LogP contribution in [-0.4, -0.2) is 49.6 Å². The normalized spacial score (nSPS) is 15.1. The fraction of sp³-hybridized carbons (Fsp3) is 0.300. The van der Waals surface area contributed by atoms with Gasteiger partial charge >= 0.3 is 0 Å². The lowest BCUT2D eigenvalue weighted by atomic mass is 10.2. The van der Waals surface area contributed by atoms with Gasteiger partial charge in [-0.3, -0.25) is 9.59 Å². The van der Waals surface area contributed by atoms with Crippen molar-refractivity contribution in [2.75, 3.05) is 26.7 Å². The Morgan fingerprint density at radius 2 is 1.85 bits per heavy atom. The van der Waals surface area contributed by atoms with Crippen LogP contribution in [0.25, 0.3) is 0 Å². The van der Waals surface area contributed by atoms with Crippen LogP contribution in [0.4, 0.5) is 0 Å². The molecule has 0 bridgehead atoms. The number of carbonyl (C=O) groups excluding carboxylic acids is 2. The molecule has 0 radical (unpaired) electrons. The van der Waals surface area contributed by atoms with Gasteiger partial charge in [-0.05, 0) is 36.4 Å². The zero-order chi connectivity index (χ0) is 19.2. The van der Waals surface area contributed by atoms with E-state index in [1.165, 1.54) is 0 Å². The van der Waals surface area contributed by atoms with E-state index in [1.807, 2.05) is 24.3 Å². The highest BCUT2D eigenvalue weighted by Gasteiger charge is 2.23. The zero-order valence-electron chi connectivity index (χ0n) is 15.0.